The Hall–Kier alpha value is -0.200. The van der Waals surface area contributed by atoms with Crippen molar-refractivity contribution in [2.45, 2.75) is 13.3 Å². The molecule has 1 radical (unpaired) electrons. The van der Waals surface area contributed by atoms with Gasteiger partial charge in [0.2, 0.25) is 0 Å². The first-order chi connectivity index (χ1) is 7.17. The van der Waals surface area contributed by atoms with Crippen LogP contribution in [-0.2, 0) is 4.74 Å². The third-order valence-corrected chi connectivity index (χ3v) is 2.28. The van der Waals surface area contributed by atoms with Crippen molar-refractivity contribution < 1.29 is 4.74 Å². The van der Waals surface area contributed by atoms with Gasteiger partial charge in [0.1, 0.15) is 0 Å². The predicted molar refractivity (Wildman–Crippen MR) is 62.6 cm³/mol. The van der Waals surface area contributed by atoms with E-state index in [-0.39, 0.29) is 0 Å². The van der Waals surface area contributed by atoms with Gasteiger partial charge in [0.15, 0.2) is 0 Å². The van der Waals surface area contributed by atoms with Crippen molar-refractivity contribution in [3.63, 3.8) is 0 Å². The number of ether oxygens (including phenoxy) is 1. The summed E-state index contributed by atoms with van der Waals surface area (Å²) in [5, 5.41) is 6.14. The standard InChI is InChI=1S/C10H25N4O/c1-6-8-14(9-10-15-7-2)13(5)12(4)11-3/h11H,1,6-10H2,2-5H3. The zero-order valence-electron chi connectivity index (χ0n) is 10.5. The summed E-state index contributed by atoms with van der Waals surface area (Å²) in [6.45, 7) is 9.21. The molecular formula is C10H25N4O. The van der Waals surface area contributed by atoms with Crippen LogP contribution in [-0.4, -0.2) is 62.7 Å². The molecule has 0 aliphatic carbocycles. The van der Waals surface area contributed by atoms with Crippen molar-refractivity contribution in [1.82, 2.24) is 20.7 Å². The summed E-state index contributed by atoms with van der Waals surface area (Å²) in [6.07, 6.45) is 0.883. The first-order valence-electron chi connectivity index (χ1n) is 5.43. The maximum absolute atomic E-state index is 5.35. The van der Waals surface area contributed by atoms with E-state index in [4.69, 9.17) is 4.74 Å². The van der Waals surface area contributed by atoms with Crippen LogP contribution < -0.4 is 5.43 Å². The number of nitrogens with one attached hydrogen (secondary N) is 1. The van der Waals surface area contributed by atoms with Gasteiger partial charge in [-0.2, -0.15) is 10.2 Å². The second kappa shape index (κ2) is 9.06. The minimum absolute atomic E-state index is 0.748. The molecular weight excluding hydrogens is 192 g/mol. The maximum Gasteiger partial charge on any atom is 0.0607 e. The number of nitrogens with zero attached hydrogens (tertiary/aromatic N) is 3. The van der Waals surface area contributed by atoms with Gasteiger partial charge in [0, 0.05) is 40.8 Å². The van der Waals surface area contributed by atoms with Gasteiger partial charge < -0.3 is 4.74 Å². The molecule has 0 bridgehead atoms. The fourth-order valence-electron chi connectivity index (χ4n) is 1.23. The third-order valence-electron chi connectivity index (χ3n) is 2.28. The highest BCUT2D eigenvalue weighted by molar-refractivity contribution is 4.53. The largest absolute Gasteiger partial charge is 0.380 e. The van der Waals surface area contributed by atoms with Crippen LogP contribution >= 0.6 is 0 Å². The lowest BCUT2D eigenvalue weighted by atomic mass is 10.4. The summed E-state index contributed by atoms with van der Waals surface area (Å²) < 4.78 is 5.35. The Balaban J connectivity index is 3.99. The lowest BCUT2D eigenvalue weighted by Gasteiger charge is -2.37. The Morgan fingerprint density at radius 3 is 2.40 bits per heavy atom. The molecule has 0 unspecified atom stereocenters. The maximum atomic E-state index is 5.35. The Morgan fingerprint density at radius 1 is 1.27 bits per heavy atom. The van der Waals surface area contributed by atoms with Gasteiger partial charge in [-0.25, -0.2) is 10.4 Å². The van der Waals surface area contributed by atoms with E-state index in [0.29, 0.717) is 0 Å². The molecule has 0 aromatic rings. The van der Waals surface area contributed by atoms with Crippen LogP contribution in [0, 0.1) is 6.92 Å². The summed E-state index contributed by atoms with van der Waals surface area (Å²) in [7, 11) is 5.87. The Labute approximate surface area is 93.9 Å². The summed E-state index contributed by atoms with van der Waals surface area (Å²) >= 11 is 0. The highest BCUT2D eigenvalue weighted by Crippen LogP contribution is 1.98. The molecule has 0 heterocycles. The number of rotatable bonds is 9. The van der Waals surface area contributed by atoms with Crippen LogP contribution in [0.5, 0.6) is 0 Å². The highest BCUT2D eigenvalue weighted by Gasteiger charge is 2.12. The third kappa shape index (κ3) is 6.06. The fraction of sp³-hybridized carbons (Fsp3) is 0.900. The summed E-state index contributed by atoms with van der Waals surface area (Å²) in [6, 6.07) is 0. The Bertz CT molecular complexity index is 145. The SMILES string of the molecule is [CH2]CCN(CCOCC)N(C)N(C)NC. The second-order valence-corrected chi connectivity index (χ2v) is 3.24. The van der Waals surface area contributed by atoms with Crippen LogP contribution in [0.1, 0.15) is 13.3 Å². The smallest absolute Gasteiger partial charge is 0.0607 e. The molecule has 5 nitrogen and oxygen atoms in total. The average Bonchev–Trinajstić information content (AvgIpc) is 2.26. The normalized spacial score (nSPS) is 12.0. The van der Waals surface area contributed by atoms with Crippen LogP contribution in [0.15, 0.2) is 0 Å². The van der Waals surface area contributed by atoms with Gasteiger partial charge in [-0.05, 0) is 13.3 Å². The number of hydrazine groups is 3. The van der Waals surface area contributed by atoms with Gasteiger partial charge in [0.25, 0.3) is 0 Å². The van der Waals surface area contributed by atoms with Gasteiger partial charge in [-0.1, -0.05) is 6.92 Å². The Morgan fingerprint density at radius 2 is 1.93 bits per heavy atom. The van der Waals surface area contributed by atoms with Crippen molar-refractivity contribution in [3.8, 4) is 0 Å². The number of hydrogen-bond donors (Lipinski definition) is 1. The van der Waals surface area contributed by atoms with E-state index < -0.39 is 0 Å². The average molecular weight is 217 g/mol. The van der Waals surface area contributed by atoms with Gasteiger partial charge in [-0.15, -0.1) is 0 Å². The topological polar surface area (TPSA) is 31.0 Å². The molecule has 0 fully saturated rings. The molecule has 0 aliphatic heterocycles. The molecule has 0 saturated carbocycles. The molecule has 0 amide bonds. The first-order valence-corrected chi connectivity index (χ1v) is 5.43. The molecule has 0 spiro atoms. The molecule has 0 aromatic heterocycles. The fourth-order valence-corrected chi connectivity index (χ4v) is 1.23. The summed E-state index contributed by atoms with van der Waals surface area (Å²) in [4.78, 5) is 0. The van der Waals surface area contributed by atoms with Gasteiger partial charge in [-0.3, -0.25) is 0 Å². The lowest BCUT2D eigenvalue weighted by molar-refractivity contribution is -0.179. The van der Waals surface area contributed by atoms with E-state index >= 15 is 0 Å². The Kier molecular flexibility index (Phi) is 8.94. The molecule has 0 rings (SSSR count). The molecule has 0 aromatic carbocycles. The van der Waals surface area contributed by atoms with Crippen LogP contribution in [0.25, 0.3) is 0 Å². The predicted octanol–water partition coefficient (Wildman–Crippen LogP) is 0.377. The van der Waals surface area contributed by atoms with Crippen molar-refractivity contribution in [1.29, 1.82) is 0 Å². The quantitative estimate of drug-likeness (QED) is 0.446. The van der Waals surface area contributed by atoms with Gasteiger partial charge in [0.05, 0.1) is 6.61 Å². The first kappa shape index (κ1) is 14.8. The molecule has 91 valence electrons. The molecule has 5 heteroatoms. The van der Waals surface area contributed by atoms with E-state index in [1.807, 2.05) is 38.3 Å². The lowest BCUT2D eigenvalue weighted by Crippen LogP contribution is -2.54. The molecule has 0 aliphatic rings. The van der Waals surface area contributed by atoms with E-state index in [0.717, 1.165) is 32.7 Å². The monoisotopic (exact) mass is 217 g/mol. The van der Waals surface area contributed by atoms with Crippen LogP contribution in [0.3, 0.4) is 0 Å². The van der Waals surface area contributed by atoms with E-state index in [1.54, 1.807) is 0 Å². The zero-order valence-corrected chi connectivity index (χ0v) is 10.5. The minimum Gasteiger partial charge on any atom is -0.380 e. The molecule has 15 heavy (non-hydrogen) atoms. The summed E-state index contributed by atoms with van der Waals surface area (Å²) in [5.74, 6) is 0. The van der Waals surface area contributed by atoms with Gasteiger partial charge >= 0.3 is 0 Å². The number of hydrogen-bond acceptors (Lipinski definition) is 5. The van der Waals surface area contributed by atoms with E-state index in [2.05, 4.69) is 17.4 Å². The highest BCUT2D eigenvalue weighted by atomic mass is 16.5. The molecule has 0 atom stereocenters. The van der Waals surface area contributed by atoms with Crippen molar-refractivity contribution in [3.05, 3.63) is 6.92 Å². The van der Waals surface area contributed by atoms with Crippen LogP contribution in [0.4, 0.5) is 0 Å². The van der Waals surface area contributed by atoms with Crippen molar-refractivity contribution in [2.24, 2.45) is 0 Å². The van der Waals surface area contributed by atoms with Crippen LogP contribution in [0.2, 0.25) is 0 Å². The second-order valence-electron chi connectivity index (χ2n) is 3.24. The zero-order chi connectivity index (χ0) is 11.7. The molecule has 0 saturated heterocycles. The van der Waals surface area contributed by atoms with E-state index in [9.17, 15) is 0 Å². The molecule has 1 N–H and O–H groups in total. The van der Waals surface area contributed by atoms with Crippen molar-refractivity contribution in [2.75, 3.05) is 47.4 Å². The summed E-state index contributed by atoms with van der Waals surface area (Å²) in [5.41, 5.74) is 3.05. The van der Waals surface area contributed by atoms with E-state index in [1.165, 1.54) is 0 Å². The van der Waals surface area contributed by atoms with Crippen molar-refractivity contribution >= 4 is 0 Å². The minimum atomic E-state index is 0.748.